The van der Waals surface area contributed by atoms with Gasteiger partial charge in [0.1, 0.15) is 5.82 Å². The molecule has 0 spiro atoms. The van der Waals surface area contributed by atoms with Gasteiger partial charge in [-0.15, -0.1) is 0 Å². The Morgan fingerprint density at radius 1 is 1.14 bits per heavy atom. The first-order valence-corrected chi connectivity index (χ1v) is 6.31. The number of hydrogen-bond donors (Lipinski definition) is 3. The number of benzene rings is 1. The van der Waals surface area contributed by atoms with Crippen LogP contribution >= 0.6 is 0 Å². The molecule has 0 atom stereocenters. The SMILES string of the molecule is NC(=O)c1cc(Nc2cccc3ncccc23)ncc1N. The highest BCUT2D eigenvalue weighted by Gasteiger charge is 2.09. The molecule has 3 aromatic rings. The van der Waals surface area contributed by atoms with Crippen molar-refractivity contribution in [2.24, 2.45) is 5.73 Å². The predicted octanol–water partition coefficient (Wildman–Crippen LogP) is 2.05. The number of rotatable bonds is 3. The van der Waals surface area contributed by atoms with Crippen LogP contribution in [0.5, 0.6) is 0 Å². The molecule has 2 aromatic heterocycles. The molecule has 0 aliphatic carbocycles. The number of aromatic nitrogens is 2. The molecule has 0 aliphatic rings. The minimum Gasteiger partial charge on any atom is -0.397 e. The van der Waals surface area contributed by atoms with Crippen molar-refractivity contribution >= 4 is 34.0 Å². The fourth-order valence-electron chi connectivity index (χ4n) is 2.10. The number of anilines is 3. The zero-order chi connectivity index (χ0) is 14.8. The van der Waals surface area contributed by atoms with Gasteiger partial charge in [-0.25, -0.2) is 4.98 Å². The van der Waals surface area contributed by atoms with Gasteiger partial charge in [0.25, 0.3) is 5.91 Å². The number of hydrogen-bond acceptors (Lipinski definition) is 5. The number of pyridine rings is 2. The molecule has 6 heteroatoms. The van der Waals surface area contributed by atoms with Crippen LogP contribution in [0.2, 0.25) is 0 Å². The summed E-state index contributed by atoms with van der Waals surface area (Å²) < 4.78 is 0. The molecule has 0 bridgehead atoms. The number of carbonyl (C=O) groups excluding carboxylic acids is 1. The molecular weight excluding hydrogens is 266 g/mol. The Labute approximate surface area is 120 Å². The van der Waals surface area contributed by atoms with E-state index in [-0.39, 0.29) is 11.3 Å². The first-order chi connectivity index (χ1) is 10.1. The van der Waals surface area contributed by atoms with Crippen LogP contribution in [0.3, 0.4) is 0 Å². The van der Waals surface area contributed by atoms with Gasteiger partial charge in [0.2, 0.25) is 0 Å². The normalized spacial score (nSPS) is 10.5. The van der Waals surface area contributed by atoms with Gasteiger partial charge in [-0.2, -0.15) is 0 Å². The van der Waals surface area contributed by atoms with Gasteiger partial charge in [-0.3, -0.25) is 9.78 Å². The van der Waals surface area contributed by atoms with Crippen LogP contribution in [0.25, 0.3) is 10.9 Å². The molecule has 3 rings (SSSR count). The van der Waals surface area contributed by atoms with Crippen LogP contribution in [0.1, 0.15) is 10.4 Å². The second-order valence-electron chi connectivity index (χ2n) is 4.52. The summed E-state index contributed by atoms with van der Waals surface area (Å²) >= 11 is 0. The average Bonchev–Trinajstić information content (AvgIpc) is 2.49. The standard InChI is InChI=1S/C15H13N5O/c16-11-8-19-14(7-10(11)15(17)21)20-13-5-1-4-12-9(13)3-2-6-18-12/h1-8H,16H2,(H2,17,21)(H,19,20). The summed E-state index contributed by atoms with van der Waals surface area (Å²) in [6.07, 6.45) is 3.14. The summed E-state index contributed by atoms with van der Waals surface area (Å²) in [4.78, 5) is 19.8. The Morgan fingerprint density at radius 3 is 2.81 bits per heavy atom. The average molecular weight is 279 g/mol. The summed E-state index contributed by atoms with van der Waals surface area (Å²) in [6.45, 7) is 0. The molecular formula is C15H13N5O. The number of nitrogens with one attached hydrogen (secondary N) is 1. The van der Waals surface area contributed by atoms with E-state index >= 15 is 0 Å². The van der Waals surface area contributed by atoms with Gasteiger partial charge in [0, 0.05) is 17.3 Å². The summed E-state index contributed by atoms with van der Waals surface area (Å²) in [5.41, 5.74) is 13.2. The molecule has 2 heterocycles. The van der Waals surface area contributed by atoms with E-state index in [2.05, 4.69) is 15.3 Å². The van der Waals surface area contributed by atoms with E-state index < -0.39 is 5.91 Å². The van der Waals surface area contributed by atoms with Crippen LogP contribution in [0, 0.1) is 0 Å². The fraction of sp³-hybridized carbons (Fsp3) is 0. The molecule has 0 fully saturated rings. The predicted molar refractivity (Wildman–Crippen MR) is 82.2 cm³/mol. The lowest BCUT2D eigenvalue weighted by molar-refractivity contribution is 0.100. The van der Waals surface area contributed by atoms with E-state index in [1.54, 1.807) is 6.20 Å². The largest absolute Gasteiger partial charge is 0.397 e. The molecule has 5 N–H and O–H groups in total. The van der Waals surface area contributed by atoms with Crippen molar-refractivity contribution in [3.63, 3.8) is 0 Å². The third-order valence-electron chi connectivity index (χ3n) is 3.11. The zero-order valence-electron chi connectivity index (χ0n) is 11.1. The molecule has 0 unspecified atom stereocenters. The van der Waals surface area contributed by atoms with E-state index in [1.807, 2.05) is 30.3 Å². The Kier molecular flexibility index (Phi) is 3.12. The lowest BCUT2D eigenvalue weighted by Gasteiger charge is -2.10. The maximum absolute atomic E-state index is 11.3. The lowest BCUT2D eigenvalue weighted by atomic mass is 10.1. The Bertz CT molecular complexity index is 826. The molecule has 6 nitrogen and oxygen atoms in total. The number of nitrogens with two attached hydrogens (primary N) is 2. The summed E-state index contributed by atoms with van der Waals surface area (Å²) in [7, 11) is 0. The molecule has 104 valence electrons. The van der Waals surface area contributed by atoms with E-state index in [9.17, 15) is 4.79 Å². The highest BCUT2D eigenvalue weighted by molar-refractivity contribution is 5.99. The van der Waals surface area contributed by atoms with Gasteiger partial charge >= 0.3 is 0 Å². The molecule has 0 saturated heterocycles. The summed E-state index contributed by atoms with van der Waals surface area (Å²) in [5.74, 6) is -0.0908. The number of fused-ring (bicyclic) bond motifs is 1. The second kappa shape index (κ2) is 5.09. The first-order valence-electron chi connectivity index (χ1n) is 6.31. The Hall–Kier alpha value is -3.15. The molecule has 21 heavy (non-hydrogen) atoms. The van der Waals surface area contributed by atoms with Crippen molar-refractivity contribution in [2.45, 2.75) is 0 Å². The topological polar surface area (TPSA) is 107 Å². The minimum atomic E-state index is -0.586. The second-order valence-corrected chi connectivity index (χ2v) is 4.52. The van der Waals surface area contributed by atoms with E-state index in [0.29, 0.717) is 5.82 Å². The van der Waals surface area contributed by atoms with Crippen LogP contribution in [0.15, 0.2) is 48.8 Å². The highest BCUT2D eigenvalue weighted by Crippen LogP contribution is 2.25. The Balaban J connectivity index is 2.03. The van der Waals surface area contributed by atoms with Gasteiger partial charge < -0.3 is 16.8 Å². The minimum absolute atomic E-state index is 0.242. The van der Waals surface area contributed by atoms with Crippen LogP contribution in [-0.4, -0.2) is 15.9 Å². The van der Waals surface area contributed by atoms with Crippen molar-refractivity contribution in [2.75, 3.05) is 11.1 Å². The van der Waals surface area contributed by atoms with Crippen LogP contribution < -0.4 is 16.8 Å². The van der Waals surface area contributed by atoms with Gasteiger partial charge in [-0.05, 0) is 30.3 Å². The van der Waals surface area contributed by atoms with Crippen molar-refractivity contribution in [1.29, 1.82) is 0 Å². The maximum atomic E-state index is 11.3. The van der Waals surface area contributed by atoms with Crippen molar-refractivity contribution in [3.05, 3.63) is 54.4 Å². The third kappa shape index (κ3) is 2.46. The highest BCUT2D eigenvalue weighted by atomic mass is 16.1. The van der Waals surface area contributed by atoms with Crippen LogP contribution in [0.4, 0.5) is 17.2 Å². The first kappa shape index (κ1) is 12.9. The number of primary amides is 1. The quantitative estimate of drug-likeness (QED) is 0.680. The maximum Gasteiger partial charge on any atom is 0.250 e. The summed E-state index contributed by atoms with van der Waals surface area (Å²) in [5, 5.41) is 4.11. The third-order valence-corrected chi connectivity index (χ3v) is 3.11. The van der Waals surface area contributed by atoms with E-state index in [1.165, 1.54) is 12.3 Å². The molecule has 1 amide bonds. The fourth-order valence-corrected chi connectivity index (χ4v) is 2.10. The number of carbonyl (C=O) groups is 1. The monoisotopic (exact) mass is 279 g/mol. The van der Waals surface area contributed by atoms with Gasteiger partial charge in [-0.1, -0.05) is 6.07 Å². The Morgan fingerprint density at radius 2 is 2.00 bits per heavy atom. The number of amides is 1. The van der Waals surface area contributed by atoms with E-state index in [4.69, 9.17) is 11.5 Å². The smallest absolute Gasteiger partial charge is 0.250 e. The number of nitrogen functional groups attached to an aromatic ring is 1. The molecule has 0 saturated carbocycles. The lowest BCUT2D eigenvalue weighted by Crippen LogP contribution is -2.14. The molecule has 1 aromatic carbocycles. The van der Waals surface area contributed by atoms with Crippen molar-refractivity contribution < 1.29 is 4.79 Å². The number of nitrogens with zero attached hydrogens (tertiary/aromatic N) is 2. The zero-order valence-corrected chi connectivity index (χ0v) is 11.1. The van der Waals surface area contributed by atoms with Gasteiger partial charge in [0.15, 0.2) is 0 Å². The summed E-state index contributed by atoms with van der Waals surface area (Å²) in [6, 6.07) is 11.1. The van der Waals surface area contributed by atoms with Crippen molar-refractivity contribution in [3.8, 4) is 0 Å². The molecule has 0 aliphatic heterocycles. The molecule has 0 radical (unpaired) electrons. The van der Waals surface area contributed by atoms with Gasteiger partial charge in [0.05, 0.1) is 23.0 Å². The van der Waals surface area contributed by atoms with E-state index in [0.717, 1.165) is 16.6 Å². The van der Waals surface area contributed by atoms with Crippen molar-refractivity contribution in [1.82, 2.24) is 9.97 Å². The van der Waals surface area contributed by atoms with Crippen LogP contribution in [-0.2, 0) is 0 Å².